The molecule has 21 heavy (non-hydrogen) atoms. The first-order valence-corrected chi connectivity index (χ1v) is 6.99. The van der Waals surface area contributed by atoms with Crippen LogP contribution in [0.1, 0.15) is 23.1 Å². The van der Waals surface area contributed by atoms with Gasteiger partial charge in [0, 0.05) is 31.2 Å². The van der Waals surface area contributed by atoms with Crippen LogP contribution in [0, 0.1) is 4.77 Å². The zero-order valence-electron chi connectivity index (χ0n) is 11.6. The Labute approximate surface area is 131 Å². The Morgan fingerprint density at radius 2 is 2.00 bits per heavy atom. The summed E-state index contributed by atoms with van der Waals surface area (Å²) in [5.74, 6) is 0. The molecule has 1 heterocycles. The molecule has 112 valence electrons. The fourth-order valence-corrected chi connectivity index (χ4v) is 2.51. The summed E-state index contributed by atoms with van der Waals surface area (Å²) in [5.41, 5.74) is 1.65. The van der Waals surface area contributed by atoms with E-state index >= 15 is 0 Å². The zero-order valence-corrected chi connectivity index (χ0v) is 13.2. The lowest BCUT2D eigenvalue weighted by Gasteiger charge is -2.17. The minimum Gasteiger partial charge on any atom is -0.350 e. The van der Waals surface area contributed by atoms with Gasteiger partial charge in [0.05, 0.1) is 5.69 Å². The van der Waals surface area contributed by atoms with Crippen LogP contribution in [0.25, 0.3) is 0 Å². The molecular weight excluding hydrogens is 312 g/mol. The van der Waals surface area contributed by atoms with Crippen LogP contribution >= 0.6 is 23.8 Å². The van der Waals surface area contributed by atoms with E-state index in [0.717, 1.165) is 5.56 Å². The summed E-state index contributed by atoms with van der Waals surface area (Å²) in [6.45, 7) is 0. The third-order valence-electron chi connectivity index (χ3n) is 3.01. The standard InChI is InChI=1S/C14H15ClN2O3S/c1-19-13(20-2)11-10(12(18)17-14(21)16-11)7-8-4-3-5-9(15)6-8/h3-6,13H,7H2,1-2H3,(H2,16,17,18,21). The quantitative estimate of drug-likeness (QED) is 0.655. The summed E-state index contributed by atoms with van der Waals surface area (Å²) in [6, 6.07) is 7.31. The average molecular weight is 327 g/mol. The van der Waals surface area contributed by atoms with Gasteiger partial charge in [0.1, 0.15) is 0 Å². The number of halogens is 1. The van der Waals surface area contributed by atoms with Crippen molar-refractivity contribution in [3.05, 3.63) is 61.2 Å². The number of benzene rings is 1. The maximum atomic E-state index is 12.2. The van der Waals surface area contributed by atoms with E-state index in [1.165, 1.54) is 14.2 Å². The maximum Gasteiger partial charge on any atom is 0.255 e. The first kappa shape index (κ1) is 15.9. The van der Waals surface area contributed by atoms with Crippen LogP contribution in [0.15, 0.2) is 29.1 Å². The summed E-state index contributed by atoms with van der Waals surface area (Å²) in [5, 5.41) is 0.615. The molecule has 0 spiro atoms. The van der Waals surface area contributed by atoms with Gasteiger partial charge < -0.3 is 14.5 Å². The lowest BCUT2D eigenvalue weighted by atomic mass is 10.0. The molecule has 0 unspecified atom stereocenters. The van der Waals surface area contributed by atoms with E-state index < -0.39 is 6.29 Å². The number of methoxy groups -OCH3 is 2. The van der Waals surface area contributed by atoms with Crippen molar-refractivity contribution in [2.45, 2.75) is 12.7 Å². The summed E-state index contributed by atoms with van der Waals surface area (Å²) < 4.78 is 10.7. The molecule has 0 amide bonds. The SMILES string of the molecule is COC(OC)c1[nH]c(=S)[nH]c(=O)c1Cc1cccc(Cl)c1. The molecule has 0 bridgehead atoms. The van der Waals surface area contributed by atoms with Crippen LogP contribution in [-0.2, 0) is 15.9 Å². The Morgan fingerprint density at radius 1 is 1.29 bits per heavy atom. The third-order valence-corrected chi connectivity index (χ3v) is 3.45. The van der Waals surface area contributed by atoms with Crippen molar-refractivity contribution in [3.63, 3.8) is 0 Å². The topological polar surface area (TPSA) is 67.1 Å². The second-order valence-electron chi connectivity index (χ2n) is 4.41. The largest absolute Gasteiger partial charge is 0.350 e. The Morgan fingerprint density at radius 3 is 2.62 bits per heavy atom. The monoisotopic (exact) mass is 326 g/mol. The van der Waals surface area contributed by atoms with Gasteiger partial charge in [-0.1, -0.05) is 23.7 Å². The molecule has 0 fully saturated rings. The molecule has 0 saturated carbocycles. The summed E-state index contributed by atoms with van der Waals surface area (Å²) in [6.07, 6.45) is -0.302. The van der Waals surface area contributed by atoms with Gasteiger partial charge in [-0.25, -0.2) is 0 Å². The van der Waals surface area contributed by atoms with Gasteiger partial charge in [-0.05, 0) is 29.9 Å². The highest BCUT2D eigenvalue weighted by molar-refractivity contribution is 7.71. The second kappa shape index (κ2) is 7.00. The first-order chi connectivity index (χ1) is 10.0. The summed E-state index contributed by atoms with van der Waals surface area (Å²) in [7, 11) is 2.99. The van der Waals surface area contributed by atoms with Crippen LogP contribution in [-0.4, -0.2) is 24.2 Å². The van der Waals surface area contributed by atoms with Crippen LogP contribution < -0.4 is 5.56 Å². The van der Waals surface area contributed by atoms with Crippen LogP contribution in [0.4, 0.5) is 0 Å². The molecule has 0 aliphatic carbocycles. The van der Waals surface area contributed by atoms with Crippen molar-refractivity contribution < 1.29 is 9.47 Å². The van der Waals surface area contributed by atoms with E-state index in [4.69, 9.17) is 33.3 Å². The van der Waals surface area contributed by atoms with Crippen molar-refractivity contribution in [2.24, 2.45) is 0 Å². The molecule has 0 aliphatic heterocycles. The van der Waals surface area contributed by atoms with Gasteiger partial charge in [-0.3, -0.25) is 9.78 Å². The van der Waals surface area contributed by atoms with E-state index in [1.54, 1.807) is 12.1 Å². The van der Waals surface area contributed by atoms with E-state index in [-0.39, 0.29) is 10.3 Å². The van der Waals surface area contributed by atoms with Crippen LogP contribution in [0.2, 0.25) is 5.02 Å². The Hall–Kier alpha value is -1.47. The van der Waals surface area contributed by atoms with Gasteiger partial charge in [0.15, 0.2) is 11.1 Å². The number of H-pyrrole nitrogens is 2. The predicted molar refractivity (Wildman–Crippen MR) is 83.3 cm³/mol. The molecule has 0 aliphatic rings. The highest BCUT2D eigenvalue weighted by Crippen LogP contribution is 2.20. The van der Waals surface area contributed by atoms with Crippen molar-refractivity contribution >= 4 is 23.8 Å². The number of hydrogen-bond donors (Lipinski definition) is 2. The van der Waals surface area contributed by atoms with E-state index in [1.807, 2.05) is 12.1 Å². The van der Waals surface area contributed by atoms with E-state index in [2.05, 4.69) is 9.97 Å². The molecule has 2 aromatic rings. The highest BCUT2D eigenvalue weighted by Gasteiger charge is 2.18. The number of nitrogens with one attached hydrogen (secondary N) is 2. The predicted octanol–water partition coefficient (Wildman–Crippen LogP) is 2.97. The average Bonchev–Trinajstić information content (AvgIpc) is 2.44. The van der Waals surface area contributed by atoms with Crippen molar-refractivity contribution in [1.82, 2.24) is 9.97 Å². The molecule has 7 heteroatoms. The maximum absolute atomic E-state index is 12.2. The van der Waals surface area contributed by atoms with Gasteiger partial charge in [-0.15, -0.1) is 0 Å². The Kier molecular flexibility index (Phi) is 5.30. The minimum atomic E-state index is -0.691. The normalized spacial score (nSPS) is 11.0. The Balaban J connectivity index is 2.51. The fraction of sp³-hybridized carbons (Fsp3) is 0.286. The molecule has 5 nitrogen and oxygen atoms in total. The summed E-state index contributed by atoms with van der Waals surface area (Å²) in [4.78, 5) is 17.7. The fourth-order valence-electron chi connectivity index (χ4n) is 2.09. The first-order valence-electron chi connectivity index (χ1n) is 6.20. The van der Waals surface area contributed by atoms with Crippen LogP contribution in [0.3, 0.4) is 0 Å². The van der Waals surface area contributed by atoms with Crippen molar-refractivity contribution in [1.29, 1.82) is 0 Å². The number of hydrogen-bond acceptors (Lipinski definition) is 4. The highest BCUT2D eigenvalue weighted by atomic mass is 35.5. The van der Waals surface area contributed by atoms with Gasteiger partial charge in [0.2, 0.25) is 0 Å². The van der Waals surface area contributed by atoms with Gasteiger partial charge in [0.25, 0.3) is 5.56 Å². The van der Waals surface area contributed by atoms with Gasteiger partial charge >= 0.3 is 0 Å². The smallest absolute Gasteiger partial charge is 0.255 e. The number of ether oxygens (including phenoxy) is 2. The van der Waals surface area contributed by atoms with E-state index in [9.17, 15) is 4.79 Å². The second-order valence-corrected chi connectivity index (χ2v) is 5.26. The molecular formula is C14H15ClN2O3S. The van der Waals surface area contributed by atoms with Crippen molar-refractivity contribution in [3.8, 4) is 0 Å². The molecule has 0 saturated heterocycles. The number of rotatable bonds is 5. The lowest BCUT2D eigenvalue weighted by Crippen LogP contribution is -2.21. The number of aromatic amines is 2. The minimum absolute atomic E-state index is 0.226. The molecule has 2 rings (SSSR count). The Bertz CT molecular complexity index is 737. The van der Waals surface area contributed by atoms with Gasteiger partial charge in [-0.2, -0.15) is 0 Å². The third kappa shape index (κ3) is 3.79. The molecule has 1 aromatic heterocycles. The summed E-state index contributed by atoms with van der Waals surface area (Å²) >= 11 is 11.0. The van der Waals surface area contributed by atoms with Crippen molar-refractivity contribution in [2.75, 3.05) is 14.2 Å². The zero-order chi connectivity index (χ0) is 15.4. The molecule has 2 N–H and O–H groups in total. The molecule has 0 radical (unpaired) electrons. The van der Waals surface area contributed by atoms with E-state index in [0.29, 0.717) is 22.7 Å². The number of aromatic nitrogens is 2. The molecule has 1 aromatic carbocycles. The molecule has 0 atom stereocenters. The van der Waals surface area contributed by atoms with Crippen LogP contribution in [0.5, 0.6) is 0 Å². The lowest BCUT2D eigenvalue weighted by molar-refractivity contribution is -0.109.